The SMILES string of the molecule is Cc1cc(OC2CN(C(=O)c3ccc(-c4ccc(Cl)c(Cl)c4)cc3)C2)cc(=O)n1C. The van der Waals surface area contributed by atoms with Gasteiger partial charge in [0.25, 0.3) is 11.5 Å². The molecule has 1 aromatic heterocycles. The molecule has 0 unspecified atom stereocenters. The summed E-state index contributed by atoms with van der Waals surface area (Å²) >= 11 is 12.1. The molecule has 1 fully saturated rings. The lowest BCUT2D eigenvalue weighted by Gasteiger charge is -2.39. The minimum absolute atomic E-state index is 0.0457. The second-order valence-corrected chi connectivity index (χ2v) is 8.20. The molecular formula is C23H20Cl2N2O3. The van der Waals surface area contributed by atoms with Crippen molar-refractivity contribution < 1.29 is 9.53 Å². The summed E-state index contributed by atoms with van der Waals surface area (Å²) in [6, 6.07) is 16.1. The van der Waals surface area contributed by atoms with Crippen molar-refractivity contribution in [1.82, 2.24) is 9.47 Å². The number of halogens is 2. The third-order valence-electron chi connectivity index (χ3n) is 5.30. The summed E-state index contributed by atoms with van der Waals surface area (Å²) in [6.45, 7) is 2.83. The van der Waals surface area contributed by atoms with Gasteiger partial charge in [0, 0.05) is 24.4 Å². The van der Waals surface area contributed by atoms with Crippen molar-refractivity contribution in [3.8, 4) is 16.9 Å². The summed E-state index contributed by atoms with van der Waals surface area (Å²) < 4.78 is 7.41. The molecule has 1 aliphatic heterocycles. The van der Waals surface area contributed by atoms with Crippen molar-refractivity contribution in [3.05, 3.63) is 86.3 Å². The Kier molecular flexibility index (Phi) is 5.58. The molecule has 0 radical (unpaired) electrons. The summed E-state index contributed by atoms with van der Waals surface area (Å²) in [5.41, 5.74) is 3.22. The van der Waals surface area contributed by atoms with Crippen LogP contribution in [0.2, 0.25) is 10.0 Å². The van der Waals surface area contributed by atoms with Gasteiger partial charge in [-0.3, -0.25) is 9.59 Å². The lowest BCUT2D eigenvalue weighted by molar-refractivity contribution is 0.0176. The number of hydrogen-bond donors (Lipinski definition) is 0. The minimum atomic E-state index is -0.115. The Morgan fingerprint density at radius 3 is 2.27 bits per heavy atom. The van der Waals surface area contributed by atoms with Crippen molar-refractivity contribution in [2.24, 2.45) is 7.05 Å². The van der Waals surface area contributed by atoms with Crippen LogP contribution in [0.3, 0.4) is 0 Å². The maximum Gasteiger partial charge on any atom is 0.254 e. The van der Waals surface area contributed by atoms with Crippen molar-refractivity contribution in [2.75, 3.05) is 13.1 Å². The number of likely N-dealkylation sites (tertiary alicyclic amines) is 1. The van der Waals surface area contributed by atoms with E-state index in [2.05, 4.69) is 0 Å². The minimum Gasteiger partial charge on any atom is -0.486 e. The van der Waals surface area contributed by atoms with E-state index in [1.165, 1.54) is 6.07 Å². The predicted octanol–water partition coefficient (Wildman–Crippen LogP) is 4.57. The molecule has 0 N–H and O–H groups in total. The molecule has 0 saturated carbocycles. The Morgan fingerprint density at radius 2 is 1.63 bits per heavy atom. The number of carbonyl (C=O) groups is 1. The van der Waals surface area contributed by atoms with Gasteiger partial charge in [0.2, 0.25) is 0 Å². The van der Waals surface area contributed by atoms with Gasteiger partial charge in [0.15, 0.2) is 0 Å². The van der Waals surface area contributed by atoms with Crippen LogP contribution >= 0.6 is 23.2 Å². The normalized spacial score (nSPS) is 13.8. The first-order chi connectivity index (χ1) is 14.3. The van der Waals surface area contributed by atoms with Gasteiger partial charge in [-0.05, 0) is 48.4 Å². The molecule has 3 aromatic rings. The fourth-order valence-electron chi connectivity index (χ4n) is 3.34. The van der Waals surface area contributed by atoms with E-state index in [0.717, 1.165) is 16.8 Å². The zero-order valence-corrected chi connectivity index (χ0v) is 18.1. The molecule has 0 atom stereocenters. The zero-order chi connectivity index (χ0) is 21.4. The molecule has 154 valence electrons. The monoisotopic (exact) mass is 442 g/mol. The molecule has 4 rings (SSSR count). The van der Waals surface area contributed by atoms with Gasteiger partial charge in [-0.2, -0.15) is 0 Å². The van der Waals surface area contributed by atoms with E-state index < -0.39 is 0 Å². The van der Waals surface area contributed by atoms with Crippen molar-refractivity contribution in [2.45, 2.75) is 13.0 Å². The highest BCUT2D eigenvalue weighted by molar-refractivity contribution is 6.42. The van der Waals surface area contributed by atoms with E-state index in [4.69, 9.17) is 27.9 Å². The molecule has 2 aromatic carbocycles. The molecule has 0 aliphatic carbocycles. The Labute approximate surface area is 184 Å². The van der Waals surface area contributed by atoms with Crippen LogP contribution in [-0.2, 0) is 7.05 Å². The maximum absolute atomic E-state index is 12.7. The standard InChI is InChI=1S/C23H20Cl2N2O3/c1-14-9-18(11-22(28)26(14)2)30-19-12-27(13-19)23(29)16-5-3-15(4-6-16)17-7-8-20(24)21(25)10-17/h3-11,19H,12-13H2,1-2H3. The summed E-state index contributed by atoms with van der Waals surface area (Å²) in [5, 5.41) is 1.00. The van der Waals surface area contributed by atoms with Crippen LogP contribution in [0.15, 0.2) is 59.4 Å². The van der Waals surface area contributed by atoms with Gasteiger partial charge in [0.05, 0.1) is 23.1 Å². The predicted molar refractivity (Wildman–Crippen MR) is 119 cm³/mol. The number of aromatic nitrogens is 1. The molecule has 5 nitrogen and oxygen atoms in total. The number of hydrogen-bond acceptors (Lipinski definition) is 3. The summed E-state index contributed by atoms with van der Waals surface area (Å²) in [7, 11) is 1.72. The van der Waals surface area contributed by atoms with Crippen molar-refractivity contribution in [1.29, 1.82) is 0 Å². The average Bonchev–Trinajstić information content (AvgIpc) is 2.70. The fourth-order valence-corrected chi connectivity index (χ4v) is 3.64. The molecule has 1 aliphatic rings. The van der Waals surface area contributed by atoms with Crippen LogP contribution in [0.1, 0.15) is 16.1 Å². The number of ether oxygens (including phenoxy) is 1. The lowest BCUT2D eigenvalue weighted by atomic mass is 10.0. The van der Waals surface area contributed by atoms with E-state index in [9.17, 15) is 9.59 Å². The number of rotatable bonds is 4. The Balaban J connectivity index is 1.38. The number of benzene rings is 2. The zero-order valence-electron chi connectivity index (χ0n) is 16.6. The molecule has 0 spiro atoms. The van der Waals surface area contributed by atoms with Gasteiger partial charge >= 0.3 is 0 Å². The third-order valence-corrected chi connectivity index (χ3v) is 6.04. The first-order valence-corrected chi connectivity index (χ1v) is 10.3. The second-order valence-electron chi connectivity index (χ2n) is 7.39. The average molecular weight is 443 g/mol. The van der Waals surface area contributed by atoms with Crippen LogP contribution in [-0.4, -0.2) is 34.6 Å². The number of carbonyl (C=O) groups excluding carboxylic acids is 1. The number of nitrogens with zero attached hydrogens (tertiary/aromatic N) is 2. The van der Waals surface area contributed by atoms with E-state index in [1.807, 2.05) is 31.2 Å². The van der Waals surface area contributed by atoms with Crippen LogP contribution in [0.5, 0.6) is 5.75 Å². The van der Waals surface area contributed by atoms with Crippen LogP contribution in [0.25, 0.3) is 11.1 Å². The summed E-state index contributed by atoms with van der Waals surface area (Å²) in [5.74, 6) is 0.495. The molecule has 30 heavy (non-hydrogen) atoms. The molecular weight excluding hydrogens is 423 g/mol. The van der Waals surface area contributed by atoms with Gasteiger partial charge < -0.3 is 14.2 Å². The molecule has 1 saturated heterocycles. The van der Waals surface area contributed by atoms with Crippen LogP contribution < -0.4 is 10.3 Å². The van der Waals surface area contributed by atoms with Gasteiger partial charge in [-0.1, -0.05) is 41.4 Å². The summed E-state index contributed by atoms with van der Waals surface area (Å²) in [6.07, 6.45) is -0.115. The molecule has 0 bridgehead atoms. The van der Waals surface area contributed by atoms with Gasteiger partial charge in [-0.15, -0.1) is 0 Å². The Bertz CT molecular complexity index is 1170. The molecule has 1 amide bonds. The highest BCUT2D eigenvalue weighted by atomic mass is 35.5. The molecule has 2 heterocycles. The molecule has 7 heteroatoms. The number of pyridine rings is 1. The Morgan fingerprint density at radius 1 is 0.967 bits per heavy atom. The van der Waals surface area contributed by atoms with Crippen LogP contribution in [0.4, 0.5) is 0 Å². The first kappa shape index (κ1) is 20.5. The van der Waals surface area contributed by atoms with Crippen molar-refractivity contribution >= 4 is 29.1 Å². The fraction of sp³-hybridized carbons (Fsp3) is 0.217. The first-order valence-electron chi connectivity index (χ1n) is 9.51. The topological polar surface area (TPSA) is 51.5 Å². The number of amides is 1. The van der Waals surface area contributed by atoms with E-state index in [0.29, 0.717) is 34.4 Å². The van der Waals surface area contributed by atoms with Crippen molar-refractivity contribution in [3.63, 3.8) is 0 Å². The smallest absolute Gasteiger partial charge is 0.254 e. The second kappa shape index (κ2) is 8.17. The van der Waals surface area contributed by atoms with Crippen LogP contribution in [0, 0.1) is 6.92 Å². The lowest BCUT2D eigenvalue weighted by Crippen LogP contribution is -2.56. The highest BCUT2D eigenvalue weighted by Crippen LogP contribution is 2.29. The third kappa shape index (κ3) is 4.09. The number of aryl methyl sites for hydroxylation is 1. The van der Waals surface area contributed by atoms with Gasteiger partial charge in [-0.25, -0.2) is 0 Å². The van der Waals surface area contributed by atoms with E-state index in [1.54, 1.807) is 40.8 Å². The maximum atomic E-state index is 12.7. The van der Waals surface area contributed by atoms with Gasteiger partial charge in [0.1, 0.15) is 11.9 Å². The summed E-state index contributed by atoms with van der Waals surface area (Å²) in [4.78, 5) is 26.3. The van der Waals surface area contributed by atoms with E-state index in [-0.39, 0.29) is 17.6 Å². The highest BCUT2D eigenvalue weighted by Gasteiger charge is 2.33. The largest absolute Gasteiger partial charge is 0.486 e. The quantitative estimate of drug-likeness (QED) is 0.594. The van der Waals surface area contributed by atoms with E-state index >= 15 is 0 Å². The Hall–Kier alpha value is -2.76.